The maximum Gasteiger partial charge on any atom is 0.147 e. The Hall–Kier alpha value is 1.92. The Morgan fingerprint density at radius 1 is 1.29 bits per heavy atom. The Balaban J connectivity index is 3.54. The summed E-state index contributed by atoms with van der Waals surface area (Å²) in [5.41, 5.74) is 0. The number of halogens is 4. The van der Waals surface area contributed by atoms with Crippen LogP contribution in [-0.2, 0) is 0 Å². The first-order valence-electron chi connectivity index (χ1n) is 1.65. The van der Waals surface area contributed by atoms with Crippen LogP contribution in [0.25, 0.3) is 0 Å². The highest BCUT2D eigenvalue weighted by Crippen LogP contribution is 2.40. The van der Waals surface area contributed by atoms with Gasteiger partial charge in [-0.05, 0) is 6.92 Å². The number of rotatable bonds is 0. The van der Waals surface area contributed by atoms with Crippen molar-refractivity contribution in [1.29, 1.82) is 0 Å². The van der Waals surface area contributed by atoms with E-state index in [1.165, 1.54) is 0 Å². The van der Waals surface area contributed by atoms with Crippen LogP contribution in [0.5, 0.6) is 0 Å². The predicted molar refractivity (Wildman–Crippen MR) is 47.9 cm³/mol. The van der Waals surface area contributed by atoms with Crippen LogP contribution >= 0.6 is 63.7 Å². The fraction of sp³-hybridized carbons (Fsp3) is 1.00. The zero-order chi connectivity index (χ0) is 6.08. The maximum atomic E-state index is 3.35. The van der Waals surface area contributed by atoms with Crippen molar-refractivity contribution in [3.05, 3.63) is 0 Å². The first-order valence-corrected chi connectivity index (χ1v) is 4.95. The summed E-state index contributed by atoms with van der Waals surface area (Å²) in [5, 5.41) is 0. The van der Waals surface area contributed by atoms with Gasteiger partial charge >= 0.3 is 0 Å². The monoisotopic (exact) mass is 356 g/mol. The molecule has 0 aliphatic rings. The number of hydrogen-bond donors (Lipinski definition) is 0. The fourth-order valence-electron chi connectivity index (χ4n) is 0. The largest absolute Gasteiger partial charge is 0.147 e. The van der Waals surface area contributed by atoms with E-state index in [9.17, 15) is 0 Å². The van der Waals surface area contributed by atoms with Crippen LogP contribution in [0.2, 0.25) is 0 Å². The second-order valence-electron chi connectivity index (χ2n) is 1.16. The molecule has 0 aromatic rings. The third-order valence-electron chi connectivity index (χ3n) is 0.451. The molecule has 0 spiro atoms. The minimum Gasteiger partial charge on any atom is -0.0860 e. The molecule has 1 atom stereocenters. The standard InChI is InChI=1S/C3H4Br4/c1-2(4)3(5,6)7/h2H,1H3. The van der Waals surface area contributed by atoms with E-state index in [-0.39, 0.29) is 2.14 Å². The van der Waals surface area contributed by atoms with Gasteiger partial charge in [0, 0.05) is 4.83 Å². The maximum absolute atomic E-state index is 3.35. The summed E-state index contributed by atoms with van der Waals surface area (Å²) >= 11 is 13.3. The van der Waals surface area contributed by atoms with Crippen molar-refractivity contribution in [2.75, 3.05) is 0 Å². The molecule has 0 bridgehead atoms. The first kappa shape index (κ1) is 8.92. The second-order valence-corrected chi connectivity index (χ2v) is 9.48. The Labute approximate surface area is 76.9 Å². The van der Waals surface area contributed by atoms with Crippen LogP contribution in [0.4, 0.5) is 0 Å². The molecule has 0 aromatic heterocycles. The van der Waals surface area contributed by atoms with Crippen molar-refractivity contribution < 1.29 is 0 Å². The van der Waals surface area contributed by atoms with Crippen LogP contribution in [-0.4, -0.2) is 6.97 Å². The highest BCUT2D eigenvalue weighted by atomic mass is 80.0. The molecule has 0 aromatic carbocycles. The van der Waals surface area contributed by atoms with Crippen molar-refractivity contribution >= 4 is 63.7 Å². The van der Waals surface area contributed by atoms with Crippen LogP contribution in [0.15, 0.2) is 0 Å². The third kappa shape index (κ3) is 4.43. The lowest BCUT2D eigenvalue weighted by molar-refractivity contribution is 1.10. The lowest BCUT2D eigenvalue weighted by Gasteiger charge is -2.13. The summed E-state index contributed by atoms with van der Waals surface area (Å²) in [4.78, 5) is 0.361. The summed E-state index contributed by atoms with van der Waals surface area (Å²) in [6, 6.07) is 0. The van der Waals surface area contributed by atoms with E-state index in [1.54, 1.807) is 0 Å². The average molecular weight is 360 g/mol. The molecule has 44 valence electrons. The molecule has 1 unspecified atom stereocenters. The molecule has 0 nitrogen and oxygen atoms in total. The lowest BCUT2D eigenvalue weighted by Crippen LogP contribution is -2.11. The zero-order valence-electron chi connectivity index (χ0n) is 3.59. The normalized spacial score (nSPS) is 16.7. The van der Waals surface area contributed by atoms with E-state index in [2.05, 4.69) is 63.7 Å². The van der Waals surface area contributed by atoms with Crippen molar-refractivity contribution in [3.8, 4) is 0 Å². The summed E-state index contributed by atoms with van der Waals surface area (Å²) in [6.07, 6.45) is 0. The summed E-state index contributed by atoms with van der Waals surface area (Å²) in [5.74, 6) is 0. The van der Waals surface area contributed by atoms with Crippen molar-refractivity contribution in [2.24, 2.45) is 0 Å². The van der Waals surface area contributed by atoms with Crippen LogP contribution in [0.3, 0.4) is 0 Å². The van der Waals surface area contributed by atoms with E-state index in [4.69, 9.17) is 0 Å². The topological polar surface area (TPSA) is 0 Å². The van der Waals surface area contributed by atoms with Crippen LogP contribution < -0.4 is 0 Å². The molecule has 0 fully saturated rings. The van der Waals surface area contributed by atoms with E-state index in [0.717, 1.165) is 0 Å². The molecule has 4 heteroatoms. The van der Waals surface area contributed by atoms with Gasteiger partial charge in [0.2, 0.25) is 0 Å². The fourth-order valence-corrected chi connectivity index (χ4v) is 0. The highest BCUT2D eigenvalue weighted by Gasteiger charge is 2.23. The molecule has 0 N–H and O–H groups in total. The molecule has 0 amide bonds. The third-order valence-corrected chi connectivity index (χ3v) is 5.04. The van der Waals surface area contributed by atoms with Gasteiger partial charge in [-0.15, -0.1) is 0 Å². The van der Waals surface area contributed by atoms with Gasteiger partial charge in [-0.25, -0.2) is 0 Å². The van der Waals surface area contributed by atoms with Gasteiger partial charge in [-0.1, -0.05) is 63.7 Å². The van der Waals surface area contributed by atoms with Crippen molar-refractivity contribution in [2.45, 2.75) is 13.9 Å². The molecule has 0 saturated carbocycles. The Kier molecular flexibility index (Phi) is 4.05. The molecular weight excluding hydrogens is 356 g/mol. The minimum atomic E-state index is -0.146. The minimum absolute atomic E-state index is 0.146. The quantitative estimate of drug-likeness (QED) is 0.580. The van der Waals surface area contributed by atoms with Gasteiger partial charge < -0.3 is 0 Å². The van der Waals surface area contributed by atoms with Gasteiger partial charge in [0.15, 0.2) is 0 Å². The molecule has 0 aliphatic carbocycles. The molecule has 7 heavy (non-hydrogen) atoms. The summed E-state index contributed by atoms with van der Waals surface area (Å²) in [6.45, 7) is 2.03. The Morgan fingerprint density at radius 3 is 1.43 bits per heavy atom. The summed E-state index contributed by atoms with van der Waals surface area (Å²) < 4.78 is -0.146. The lowest BCUT2D eigenvalue weighted by atomic mass is 10.6. The second kappa shape index (κ2) is 3.18. The molecule has 0 rings (SSSR count). The number of hydrogen-bond acceptors (Lipinski definition) is 0. The molecule has 0 heterocycles. The van der Waals surface area contributed by atoms with E-state index in [0.29, 0.717) is 4.83 Å². The van der Waals surface area contributed by atoms with Gasteiger partial charge in [0.25, 0.3) is 0 Å². The van der Waals surface area contributed by atoms with Gasteiger partial charge in [-0.3, -0.25) is 0 Å². The Morgan fingerprint density at radius 2 is 1.43 bits per heavy atom. The smallest absolute Gasteiger partial charge is 0.0860 e. The van der Waals surface area contributed by atoms with E-state index in [1.807, 2.05) is 6.92 Å². The summed E-state index contributed by atoms with van der Waals surface area (Å²) in [7, 11) is 0. The van der Waals surface area contributed by atoms with E-state index >= 15 is 0 Å². The average Bonchev–Trinajstić information content (AvgIpc) is 1.31. The SMILES string of the molecule is CC(Br)C(Br)(Br)Br. The number of alkyl halides is 4. The van der Waals surface area contributed by atoms with Crippen LogP contribution in [0.1, 0.15) is 6.92 Å². The zero-order valence-corrected chi connectivity index (χ0v) is 9.93. The van der Waals surface area contributed by atoms with Crippen LogP contribution in [0, 0.1) is 0 Å². The van der Waals surface area contributed by atoms with E-state index < -0.39 is 0 Å². The van der Waals surface area contributed by atoms with Crippen molar-refractivity contribution in [1.82, 2.24) is 0 Å². The molecule has 0 aliphatic heterocycles. The molecule has 0 saturated heterocycles. The highest BCUT2D eigenvalue weighted by molar-refractivity contribution is 9.40. The van der Waals surface area contributed by atoms with Crippen molar-refractivity contribution in [3.63, 3.8) is 0 Å². The Bertz CT molecular complexity index is 52.4. The molecular formula is C3H4Br4. The molecule has 0 radical (unpaired) electrons. The van der Waals surface area contributed by atoms with Gasteiger partial charge in [-0.2, -0.15) is 0 Å². The van der Waals surface area contributed by atoms with Gasteiger partial charge in [0.05, 0.1) is 0 Å². The predicted octanol–water partition coefficient (Wildman–Crippen LogP) is 3.61. The van der Waals surface area contributed by atoms with Gasteiger partial charge in [0.1, 0.15) is 2.14 Å². The first-order chi connectivity index (χ1) is 2.94.